The quantitative estimate of drug-likeness (QED) is 0.185. The minimum Gasteiger partial charge on any atom is -0.494 e. The molecule has 0 unspecified atom stereocenters. The molecule has 0 aliphatic carbocycles. The number of esters is 1. The van der Waals surface area contributed by atoms with Crippen LogP contribution in [0.3, 0.4) is 0 Å². The Balaban J connectivity index is 1.84. The molecule has 0 bridgehead atoms. The van der Waals surface area contributed by atoms with Crippen molar-refractivity contribution in [2.75, 3.05) is 6.61 Å². The van der Waals surface area contributed by atoms with Crippen LogP contribution in [0.1, 0.15) is 28.8 Å². The first kappa shape index (κ1) is 23.8. The summed E-state index contributed by atoms with van der Waals surface area (Å²) >= 11 is 0. The van der Waals surface area contributed by atoms with Gasteiger partial charge in [0.15, 0.2) is 0 Å². The Hall–Kier alpha value is -3.43. The zero-order chi connectivity index (χ0) is 23.1. The molecule has 1 N–H and O–H groups in total. The molecule has 0 heterocycles. The molecular weight excluding hydrogens is 427 g/mol. The lowest BCUT2D eigenvalue weighted by Gasteiger charge is -2.19. The molecule has 0 saturated carbocycles. The number of halogens is 5. The fourth-order valence-corrected chi connectivity index (χ4v) is 2.29. The maximum Gasteiger partial charge on any atom is 0.453 e. The molecular formula is C21H17F5O5. The third-order valence-corrected chi connectivity index (χ3v) is 3.92. The van der Waals surface area contributed by atoms with Gasteiger partial charge in [-0.15, -0.1) is 0 Å². The molecule has 0 saturated heterocycles. The number of carboxylic acid groups (broad SMARTS) is 1. The van der Waals surface area contributed by atoms with Gasteiger partial charge in [0.05, 0.1) is 12.2 Å². The predicted molar refractivity (Wildman–Crippen MR) is 100 cm³/mol. The highest BCUT2D eigenvalue weighted by Gasteiger charge is 2.56. The number of ether oxygens (including phenoxy) is 2. The van der Waals surface area contributed by atoms with E-state index in [0.717, 1.165) is 6.08 Å². The first-order valence-electron chi connectivity index (χ1n) is 8.88. The second-order valence-electron chi connectivity index (χ2n) is 6.31. The van der Waals surface area contributed by atoms with Gasteiger partial charge in [-0.1, -0.05) is 12.1 Å². The molecule has 0 radical (unpaired) electrons. The van der Waals surface area contributed by atoms with Crippen molar-refractivity contribution in [1.82, 2.24) is 0 Å². The highest BCUT2D eigenvalue weighted by molar-refractivity contribution is 5.91. The van der Waals surface area contributed by atoms with Crippen LogP contribution in [0.4, 0.5) is 22.0 Å². The maximum absolute atomic E-state index is 12.8. The van der Waals surface area contributed by atoms with E-state index < -0.39 is 36.9 Å². The largest absolute Gasteiger partial charge is 0.494 e. The number of rotatable bonds is 9. The fourth-order valence-electron chi connectivity index (χ4n) is 2.29. The Morgan fingerprint density at radius 3 is 2.03 bits per heavy atom. The molecule has 2 aromatic carbocycles. The number of hydrogen-bond donors (Lipinski definition) is 1. The average molecular weight is 444 g/mol. The summed E-state index contributed by atoms with van der Waals surface area (Å²) in [4.78, 5) is 22.6. The molecule has 31 heavy (non-hydrogen) atoms. The summed E-state index contributed by atoms with van der Waals surface area (Å²) < 4.78 is 72.2. The van der Waals surface area contributed by atoms with E-state index in [-0.39, 0.29) is 23.7 Å². The first-order chi connectivity index (χ1) is 14.5. The Morgan fingerprint density at radius 1 is 0.903 bits per heavy atom. The van der Waals surface area contributed by atoms with Crippen LogP contribution in [-0.4, -0.2) is 35.8 Å². The molecule has 0 fully saturated rings. The van der Waals surface area contributed by atoms with Crippen LogP contribution in [0.2, 0.25) is 0 Å². The fraction of sp³-hybridized carbons (Fsp3) is 0.238. The average Bonchev–Trinajstić information content (AvgIpc) is 2.70. The van der Waals surface area contributed by atoms with Gasteiger partial charge < -0.3 is 14.6 Å². The van der Waals surface area contributed by atoms with Crippen molar-refractivity contribution in [3.8, 4) is 11.5 Å². The van der Waals surface area contributed by atoms with E-state index in [1.54, 1.807) is 0 Å². The zero-order valence-corrected chi connectivity index (χ0v) is 15.9. The van der Waals surface area contributed by atoms with E-state index in [0.29, 0.717) is 5.56 Å². The van der Waals surface area contributed by atoms with E-state index in [4.69, 9.17) is 14.6 Å². The van der Waals surface area contributed by atoms with Crippen molar-refractivity contribution < 1.29 is 46.1 Å². The number of carboxylic acids is 1. The van der Waals surface area contributed by atoms with Gasteiger partial charge >= 0.3 is 24.0 Å². The number of carbonyl (C=O) groups excluding carboxylic acids is 1. The van der Waals surface area contributed by atoms with Crippen LogP contribution in [-0.2, 0) is 4.79 Å². The Labute approximate surface area is 173 Å². The van der Waals surface area contributed by atoms with E-state index in [1.807, 2.05) is 0 Å². The number of aliphatic carboxylic acids is 1. The summed E-state index contributed by atoms with van der Waals surface area (Å²) in [7, 11) is 0. The smallest absolute Gasteiger partial charge is 0.453 e. The first-order valence-corrected chi connectivity index (χ1v) is 8.88. The van der Waals surface area contributed by atoms with Crippen molar-refractivity contribution in [2.24, 2.45) is 0 Å². The normalized spacial score (nSPS) is 12.0. The number of carbonyl (C=O) groups is 2. The predicted octanol–water partition coefficient (Wildman–Crippen LogP) is 5.36. The van der Waals surface area contributed by atoms with Gasteiger partial charge in [-0.05, 0) is 54.5 Å². The van der Waals surface area contributed by atoms with Crippen LogP contribution in [0.5, 0.6) is 11.5 Å². The summed E-state index contributed by atoms with van der Waals surface area (Å²) in [6, 6.07) is 11.5. The third kappa shape index (κ3) is 7.40. The molecule has 2 rings (SSSR count). The van der Waals surface area contributed by atoms with Crippen molar-refractivity contribution in [2.45, 2.75) is 24.9 Å². The second kappa shape index (κ2) is 10.1. The van der Waals surface area contributed by atoms with Crippen molar-refractivity contribution in [1.29, 1.82) is 0 Å². The van der Waals surface area contributed by atoms with Gasteiger partial charge in [0.25, 0.3) is 0 Å². The van der Waals surface area contributed by atoms with Crippen LogP contribution in [0.25, 0.3) is 6.08 Å². The van der Waals surface area contributed by atoms with Crippen LogP contribution >= 0.6 is 0 Å². The summed E-state index contributed by atoms with van der Waals surface area (Å²) in [5.41, 5.74) is 0.798. The minimum absolute atomic E-state index is 0.163. The Morgan fingerprint density at radius 2 is 1.48 bits per heavy atom. The second-order valence-corrected chi connectivity index (χ2v) is 6.31. The van der Waals surface area contributed by atoms with Crippen LogP contribution in [0.15, 0.2) is 54.6 Å². The van der Waals surface area contributed by atoms with Gasteiger partial charge in [0, 0.05) is 12.5 Å². The monoisotopic (exact) mass is 444 g/mol. The molecule has 0 aromatic heterocycles. The van der Waals surface area contributed by atoms with Crippen LogP contribution in [0, 0.1) is 0 Å². The highest BCUT2D eigenvalue weighted by Crippen LogP contribution is 2.38. The molecule has 10 heteroatoms. The van der Waals surface area contributed by atoms with Gasteiger partial charge in [0.2, 0.25) is 0 Å². The van der Waals surface area contributed by atoms with Gasteiger partial charge in [-0.2, -0.15) is 22.0 Å². The van der Waals surface area contributed by atoms with Gasteiger partial charge in [-0.25, -0.2) is 9.59 Å². The van der Waals surface area contributed by atoms with E-state index in [2.05, 4.69) is 0 Å². The topological polar surface area (TPSA) is 72.8 Å². The third-order valence-electron chi connectivity index (χ3n) is 3.92. The lowest BCUT2D eigenvalue weighted by atomic mass is 10.1. The van der Waals surface area contributed by atoms with Crippen molar-refractivity contribution in [3.63, 3.8) is 0 Å². The van der Waals surface area contributed by atoms with E-state index in [9.17, 15) is 31.5 Å². The van der Waals surface area contributed by atoms with E-state index in [1.165, 1.54) is 54.6 Å². The SMILES string of the molecule is O=C(O)/C=C/c1ccc(C(=O)Oc2ccc(OCCCC(F)(F)C(F)(F)F)cc2)cc1. The lowest BCUT2D eigenvalue weighted by molar-refractivity contribution is -0.284. The molecule has 5 nitrogen and oxygen atoms in total. The molecule has 2 aromatic rings. The Bertz CT molecular complexity index is 919. The summed E-state index contributed by atoms with van der Waals surface area (Å²) in [5.74, 6) is -6.16. The van der Waals surface area contributed by atoms with Gasteiger partial charge in [-0.3, -0.25) is 0 Å². The number of benzene rings is 2. The van der Waals surface area contributed by atoms with E-state index >= 15 is 0 Å². The molecule has 0 aliphatic heterocycles. The van der Waals surface area contributed by atoms with Crippen LogP contribution < -0.4 is 9.47 Å². The van der Waals surface area contributed by atoms with Gasteiger partial charge in [0.1, 0.15) is 11.5 Å². The lowest BCUT2D eigenvalue weighted by Crippen LogP contribution is -2.36. The summed E-state index contributed by atoms with van der Waals surface area (Å²) in [5, 5.41) is 8.58. The van der Waals surface area contributed by atoms with Crippen molar-refractivity contribution in [3.05, 3.63) is 65.7 Å². The molecule has 0 spiro atoms. The standard InChI is InChI=1S/C21H17F5O5/c22-20(23,21(24,25)26)12-1-13-30-16-7-9-17(10-8-16)31-19(29)15-5-2-14(3-6-15)4-11-18(27)28/h2-11H,1,12-13H2,(H,27,28)/b11-4+. The zero-order valence-electron chi connectivity index (χ0n) is 15.9. The van der Waals surface area contributed by atoms with Crippen molar-refractivity contribution >= 4 is 18.0 Å². The molecule has 0 atom stereocenters. The minimum atomic E-state index is -5.59. The number of hydrogen-bond acceptors (Lipinski definition) is 4. The molecule has 166 valence electrons. The summed E-state index contributed by atoms with van der Waals surface area (Å²) in [6.07, 6.45) is -5.15. The summed E-state index contributed by atoms with van der Waals surface area (Å²) in [6.45, 7) is -0.340. The molecule has 0 aliphatic rings. The number of alkyl halides is 5. The Kier molecular flexibility index (Phi) is 7.73. The maximum atomic E-state index is 12.8. The highest BCUT2D eigenvalue weighted by atomic mass is 19.4. The molecule has 0 amide bonds.